The molecule has 0 N–H and O–H groups in total. The second-order valence-corrected chi connectivity index (χ2v) is 4.54. The molecule has 0 bridgehead atoms. The molecule has 0 amide bonds. The second-order valence-electron chi connectivity index (χ2n) is 4.13. The molecule has 4 nitrogen and oxygen atoms in total. The van der Waals surface area contributed by atoms with Crippen LogP contribution in [0.5, 0.6) is 5.75 Å². The van der Waals surface area contributed by atoms with Gasteiger partial charge in [-0.15, -0.1) is 0 Å². The van der Waals surface area contributed by atoms with Gasteiger partial charge in [-0.1, -0.05) is 17.7 Å². The number of halogens is 1. The van der Waals surface area contributed by atoms with Crippen LogP contribution in [0.4, 0.5) is 0 Å². The summed E-state index contributed by atoms with van der Waals surface area (Å²) in [6.07, 6.45) is 3.55. The molecule has 1 aromatic carbocycles. The highest BCUT2D eigenvalue weighted by molar-refractivity contribution is 6.32. The van der Waals surface area contributed by atoms with Crippen LogP contribution in [0, 0.1) is 0 Å². The Kier molecular flexibility index (Phi) is 4.76. The van der Waals surface area contributed by atoms with E-state index < -0.39 is 0 Å². The second kappa shape index (κ2) is 6.55. The van der Waals surface area contributed by atoms with Gasteiger partial charge < -0.3 is 9.47 Å². The van der Waals surface area contributed by atoms with E-state index in [1.54, 1.807) is 12.1 Å². The van der Waals surface area contributed by atoms with Gasteiger partial charge >= 0.3 is 0 Å². The fourth-order valence-corrected chi connectivity index (χ4v) is 2.09. The van der Waals surface area contributed by atoms with E-state index in [0.717, 1.165) is 25.0 Å². The average Bonchev–Trinajstić information content (AvgIpc) is 2.40. The molecule has 0 saturated carbocycles. The summed E-state index contributed by atoms with van der Waals surface area (Å²) in [5.74, 6) is 0.644. The summed E-state index contributed by atoms with van der Waals surface area (Å²) in [6, 6.07) is 5.39. The van der Waals surface area contributed by atoms with Gasteiger partial charge in [-0.3, -0.25) is 0 Å². The van der Waals surface area contributed by atoms with Gasteiger partial charge in [0.2, 0.25) is 6.08 Å². The molecule has 18 heavy (non-hydrogen) atoms. The number of aliphatic imine (C=N–C) groups is 1. The van der Waals surface area contributed by atoms with Crippen LogP contribution in [0.15, 0.2) is 23.2 Å². The van der Waals surface area contributed by atoms with Crippen LogP contribution in [0.1, 0.15) is 18.4 Å². The summed E-state index contributed by atoms with van der Waals surface area (Å²) >= 11 is 6.12. The van der Waals surface area contributed by atoms with Gasteiger partial charge in [-0.25, -0.2) is 9.79 Å². The molecule has 1 aliphatic heterocycles. The van der Waals surface area contributed by atoms with E-state index in [4.69, 9.17) is 21.1 Å². The molecule has 1 saturated heterocycles. The molecule has 1 aromatic rings. The Morgan fingerprint density at radius 3 is 3.11 bits per heavy atom. The van der Waals surface area contributed by atoms with Crippen molar-refractivity contribution in [2.24, 2.45) is 4.99 Å². The highest BCUT2D eigenvalue weighted by Crippen LogP contribution is 2.28. The quantitative estimate of drug-likeness (QED) is 0.622. The molecule has 2 rings (SSSR count). The number of benzene rings is 1. The van der Waals surface area contributed by atoms with Crippen molar-refractivity contribution in [2.45, 2.75) is 25.5 Å². The van der Waals surface area contributed by atoms with E-state index in [1.165, 1.54) is 6.08 Å². The summed E-state index contributed by atoms with van der Waals surface area (Å²) < 4.78 is 11.1. The van der Waals surface area contributed by atoms with E-state index in [-0.39, 0.29) is 12.6 Å². The normalized spacial score (nSPS) is 19.1. The lowest BCUT2D eigenvalue weighted by atomic mass is 10.1. The zero-order valence-electron chi connectivity index (χ0n) is 9.89. The van der Waals surface area contributed by atoms with Gasteiger partial charge in [0, 0.05) is 6.61 Å². The van der Waals surface area contributed by atoms with Crippen LogP contribution in [-0.2, 0) is 16.1 Å². The predicted octanol–water partition coefficient (Wildman–Crippen LogP) is 2.73. The van der Waals surface area contributed by atoms with Crippen molar-refractivity contribution in [3.8, 4) is 5.75 Å². The first kappa shape index (κ1) is 13.1. The van der Waals surface area contributed by atoms with Gasteiger partial charge in [-0.05, 0) is 30.5 Å². The average molecular weight is 268 g/mol. The number of hydrogen-bond acceptors (Lipinski definition) is 4. The van der Waals surface area contributed by atoms with Gasteiger partial charge in [0.1, 0.15) is 11.9 Å². The van der Waals surface area contributed by atoms with Gasteiger partial charge in [0.05, 0.1) is 18.2 Å². The smallest absolute Gasteiger partial charge is 0.235 e. The third kappa shape index (κ3) is 3.57. The van der Waals surface area contributed by atoms with Crippen molar-refractivity contribution < 1.29 is 14.3 Å². The van der Waals surface area contributed by atoms with E-state index in [9.17, 15) is 4.79 Å². The molecule has 0 spiro atoms. The fraction of sp³-hybridized carbons (Fsp3) is 0.462. The highest BCUT2D eigenvalue weighted by Gasteiger charge is 2.16. The van der Waals surface area contributed by atoms with Crippen molar-refractivity contribution in [3.05, 3.63) is 28.8 Å². The molecule has 1 aliphatic rings. The van der Waals surface area contributed by atoms with E-state index in [1.807, 2.05) is 6.07 Å². The first-order valence-corrected chi connectivity index (χ1v) is 6.24. The molecule has 0 radical (unpaired) electrons. The maximum absolute atomic E-state index is 10.0. The third-order valence-corrected chi connectivity index (χ3v) is 3.03. The minimum atomic E-state index is 0.0649. The van der Waals surface area contributed by atoms with Crippen LogP contribution in [0.3, 0.4) is 0 Å². The molecular formula is C13H14ClNO3. The molecule has 1 atom stereocenters. The molecule has 5 heteroatoms. The standard InChI is InChI=1S/C13H14ClNO3/c14-12-6-10(7-15-9-16)3-4-13(12)18-11-2-1-5-17-8-11/h3-4,6,11H,1-2,5,7-8H2. The van der Waals surface area contributed by atoms with Crippen molar-refractivity contribution in [2.75, 3.05) is 13.2 Å². The van der Waals surface area contributed by atoms with Crippen molar-refractivity contribution in [1.29, 1.82) is 0 Å². The monoisotopic (exact) mass is 267 g/mol. The largest absolute Gasteiger partial charge is 0.486 e. The number of carbonyl (C=O) groups excluding carboxylic acids is 1. The Morgan fingerprint density at radius 1 is 1.56 bits per heavy atom. The van der Waals surface area contributed by atoms with Gasteiger partial charge in [0.25, 0.3) is 0 Å². The highest BCUT2D eigenvalue weighted by atomic mass is 35.5. The van der Waals surface area contributed by atoms with E-state index in [2.05, 4.69) is 4.99 Å². The third-order valence-electron chi connectivity index (χ3n) is 2.73. The lowest BCUT2D eigenvalue weighted by Gasteiger charge is -2.23. The maximum Gasteiger partial charge on any atom is 0.235 e. The number of isocyanates is 1. The number of hydrogen-bond donors (Lipinski definition) is 0. The number of ether oxygens (including phenoxy) is 2. The molecular weight excluding hydrogens is 254 g/mol. The van der Waals surface area contributed by atoms with Crippen molar-refractivity contribution in [3.63, 3.8) is 0 Å². The molecule has 1 fully saturated rings. The van der Waals surface area contributed by atoms with Crippen molar-refractivity contribution in [1.82, 2.24) is 0 Å². The van der Waals surface area contributed by atoms with Gasteiger partial charge in [0.15, 0.2) is 0 Å². The Hall–Kier alpha value is -1.35. The summed E-state index contributed by atoms with van der Waals surface area (Å²) in [5, 5.41) is 0.527. The topological polar surface area (TPSA) is 47.9 Å². The zero-order valence-corrected chi connectivity index (χ0v) is 10.7. The first-order chi connectivity index (χ1) is 8.79. The van der Waals surface area contributed by atoms with E-state index >= 15 is 0 Å². The summed E-state index contributed by atoms with van der Waals surface area (Å²) in [5.41, 5.74) is 0.857. The minimum absolute atomic E-state index is 0.0649. The summed E-state index contributed by atoms with van der Waals surface area (Å²) in [4.78, 5) is 13.5. The molecule has 0 aliphatic carbocycles. The van der Waals surface area contributed by atoms with Crippen LogP contribution in [0.2, 0.25) is 5.02 Å². The Balaban J connectivity index is 2.02. The SMILES string of the molecule is O=C=NCc1ccc(OC2CCCOC2)c(Cl)c1. The summed E-state index contributed by atoms with van der Waals surface area (Å²) in [6.45, 7) is 1.69. The van der Waals surface area contributed by atoms with Crippen LogP contribution in [0.25, 0.3) is 0 Å². The minimum Gasteiger partial charge on any atom is -0.486 e. The zero-order chi connectivity index (χ0) is 12.8. The predicted molar refractivity (Wildman–Crippen MR) is 67.7 cm³/mol. The molecule has 0 aromatic heterocycles. The van der Waals surface area contributed by atoms with Crippen molar-refractivity contribution >= 4 is 17.7 Å². The van der Waals surface area contributed by atoms with Crippen LogP contribution >= 0.6 is 11.6 Å². The van der Waals surface area contributed by atoms with Gasteiger partial charge in [-0.2, -0.15) is 0 Å². The number of nitrogens with zero attached hydrogens (tertiary/aromatic N) is 1. The Morgan fingerprint density at radius 2 is 2.44 bits per heavy atom. The lowest BCUT2D eigenvalue weighted by Crippen LogP contribution is -2.28. The number of rotatable bonds is 4. The maximum atomic E-state index is 10.0. The molecule has 1 unspecified atom stereocenters. The first-order valence-electron chi connectivity index (χ1n) is 5.86. The van der Waals surface area contributed by atoms with E-state index in [0.29, 0.717) is 17.4 Å². The fourth-order valence-electron chi connectivity index (χ4n) is 1.85. The molecule has 1 heterocycles. The lowest BCUT2D eigenvalue weighted by molar-refractivity contribution is 0.00747. The Bertz CT molecular complexity index is 452. The summed E-state index contributed by atoms with van der Waals surface area (Å²) in [7, 11) is 0. The molecule has 96 valence electrons. The van der Waals surface area contributed by atoms with Crippen LogP contribution < -0.4 is 4.74 Å². The Labute approximate surface area is 111 Å². The van der Waals surface area contributed by atoms with Crippen LogP contribution in [-0.4, -0.2) is 25.4 Å².